The molecule has 0 saturated heterocycles. The van der Waals surface area contributed by atoms with E-state index in [9.17, 15) is 28.0 Å². The normalized spacial score (nSPS) is 15.9. The number of benzene rings is 2. The Labute approximate surface area is 224 Å². The van der Waals surface area contributed by atoms with Crippen LogP contribution in [0, 0.1) is 11.3 Å². The van der Waals surface area contributed by atoms with Crippen LogP contribution in [0.25, 0.3) is 0 Å². The van der Waals surface area contributed by atoms with Gasteiger partial charge < -0.3 is 24.8 Å². The molecule has 0 aliphatic carbocycles. The Bertz CT molecular complexity index is 1340. The van der Waals surface area contributed by atoms with E-state index in [-0.39, 0.29) is 41.6 Å². The topological polar surface area (TPSA) is 115 Å². The summed E-state index contributed by atoms with van der Waals surface area (Å²) < 4.78 is 56.4. The SMILES string of the molecule is COCCOC(=O)C1=C(C)N(c2cccc(C(F)(F)F)c2)C(N)=C(C(=O)OC(C)C)C1c1ccc(C#N)cc1. The van der Waals surface area contributed by atoms with Gasteiger partial charge in [-0.1, -0.05) is 18.2 Å². The van der Waals surface area contributed by atoms with Crippen LogP contribution in [0.1, 0.15) is 43.4 Å². The molecule has 2 aromatic rings. The molecule has 3 rings (SSSR count). The summed E-state index contributed by atoms with van der Waals surface area (Å²) in [4.78, 5) is 28.1. The number of allylic oxidation sites excluding steroid dienone is 1. The molecular formula is C28H28F3N3O5. The van der Waals surface area contributed by atoms with Crippen molar-refractivity contribution in [3.05, 3.63) is 87.9 Å². The van der Waals surface area contributed by atoms with Crippen LogP contribution in [-0.2, 0) is 30.0 Å². The van der Waals surface area contributed by atoms with E-state index in [0.717, 1.165) is 12.1 Å². The first-order valence-corrected chi connectivity index (χ1v) is 12.0. The van der Waals surface area contributed by atoms with Gasteiger partial charge in [0.05, 0.1) is 47.0 Å². The lowest BCUT2D eigenvalue weighted by atomic mass is 9.80. The summed E-state index contributed by atoms with van der Waals surface area (Å²) in [5.41, 5.74) is 6.29. The first-order chi connectivity index (χ1) is 18.4. The third-order valence-electron chi connectivity index (χ3n) is 5.93. The standard InChI is InChI=1S/C28H28F3N3O5/c1-16(2)39-27(36)24-23(19-10-8-18(15-32)9-11-19)22(26(35)38-13-12-37-4)17(3)34(25(24)33)21-7-5-6-20(14-21)28(29,30)31/h5-11,14,16,23H,12-13,33H2,1-4H3. The molecule has 39 heavy (non-hydrogen) atoms. The number of carbonyl (C=O) groups excluding carboxylic acids is 2. The number of carbonyl (C=O) groups is 2. The summed E-state index contributed by atoms with van der Waals surface area (Å²) in [6.45, 7) is 4.73. The number of esters is 2. The number of hydrogen-bond acceptors (Lipinski definition) is 8. The van der Waals surface area contributed by atoms with E-state index in [4.69, 9.17) is 19.9 Å². The van der Waals surface area contributed by atoms with E-state index in [2.05, 4.69) is 0 Å². The van der Waals surface area contributed by atoms with Gasteiger partial charge in [-0.25, -0.2) is 9.59 Å². The van der Waals surface area contributed by atoms with Crippen molar-refractivity contribution in [1.82, 2.24) is 0 Å². The minimum absolute atomic E-state index is 0.0184. The van der Waals surface area contributed by atoms with Crippen LogP contribution >= 0.6 is 0 Å². The van der Waals surface area contributed by atoms with E-state index in [1.807, 2.05) is 6.07 Å². The van der Waals surface area contributed by atoms with Crippen LogP contribution in [0.2, 0.25) is 0 Å². The summed E-state index contributed by atoms with van der Waals surface area (Å²) >= 11 is 0. The molecule has 0 bridgehead atoms. The Balaban J connectivity index is 2.32. The molecule has 1 heterocycles. The number of halogens is 3. The molecule has 206 valence electrons. The first kappa shape index (κ1) is 29.3. The number of nitrogens with two attached hydrogens (primary N) is 1. The van der Waals surface area contributed by atoms with Gasteiger partial charge in [-0.2, -0.15) is 18.4 Å². The van der Waals surface area contributed by atoms with E-state index in [1.54, 1.807) is 26.0 Å². The molecule has 1 unspecified atom stereocenters. The van der Waals surface area contributed by atoms with E-state index >= 15 is 0 Å². The van der Waals surface area contributed by atoms with Crippen molar-refractivity contribution in [2.75, 3.05) is 25.2 Å². The molecule has 0 spiro atoms. The quantitative estimate of drug-likeness (QED) is 0.374. The van der Waals surface area contributed by atoms with Gasteiger partial charge >= 0.3 is 18.1 Å². The molecule has 2 aromatic carbocycles. The second-order valence-electron chi connectivity index (χ2n) is 8.93. The lowest BCUT2D eigenvalue weighted by molar-refractivity contribution is -0.143. The fourth-order valence-corrected chi connectivity index (χ4v) is 4.22. The van der Waals surface area contributed by atoms with Crippen LogP contribution in [0.5, 0.6) is 0 Å². The summed E-state index contributed by atoms with van der Waals surface area (Å²) in [6, 6.07) is 12.5. The molecule has 0 radical (unpaired) electrons. The Morgan fingerprint density at radius 2 is 1.74 bits per heavy atom. The maximum atomic E-state index is 13.5. The molecular weight excluding hydrogens is 515 g/mol. The summed E-state index contributed by atoms with van der Waals surface area (Å²) in [5.74, 6) is -2.98. The van der Waals surface area contributed by atoms with Crippen molar-refractivity contribution in [2.24, 2.45) is 5.73 Å². The number of nitriles is 1. The Hall–Kier alpha value is -4.30. The highest BCUT2D eigenvalue weighted by molar-refractivity contribution is 6.01. The summed E-state index contributed by atoms with van der Waals surface area (Å²) in [5, 5.41) is 9.23. The average Bonchev–Trinajstić information content (AvgIpc) is 2.87. The lowest BCUT2D eigenvalue weighted by Gasteiger charge is -2.37. The zero-order valence-electron chi connectivity index (χ0n) is 21.8. The first-order valence-electron chi connectivity index (χ1n) is 12.0. The van der Waals surface area contributed by atoms with Gasteiger partial charge in [0.15, 0.2) is 0 Å². The maximum absolute atomic E-state index is 13.5. The van der Waals surface area contributed by atoms with Crippen LogP contribution in [0.3, 0.4) is 0 Å². The second kappa shape index (κ2) is 12.0. The minimum atomic E-state index is -4.64. The van der Waals surface area contributed by atoms with Gasteiger partial charge in [-0.05, 0) is 56.7 Å². The molecule has 0 aromatic heterocycles. The predicted molar refractivity (Wildman–Crippen MR) is 136 cm³/mol. The number of methoxy groups -OCH3 is 1. The number of nitrogens with zero attached hydrogens (tertiary/aromatic N) is 2. The van der Waals surface area contributed by atoms with Gasteiger partial charge in [0.2, 0.25) is 0 Å². The molecule has 1 atom stereocenters. The minimum Gasteiger partial charge on any atom is -0.460 e. The molecule has 2 N–H and O–H groups in total. The van der Waals surface area contributed by atoms with Crippen molar-refractivity contribution in [2.45, 2.75) is 39.0 Å². The van der Waals surface area contributed by atoms with Gasteiger partial charge in [0.25, 0.3) is 0 Å². The molecule has 0 amide bonds. The van der Waals surface area contributed by atoms with E-state index in [0.29, 0.717) is 11.1 Å². The highest BCUT2D eigenvalue weighted by atomic mass is 19.4. The van der Waals surface area contributed by atoms with Crippen molar-refractivity contribution in [1.29, 1.82) is 5.26 Å². The van der Waals surface area contributed by atoms with Crippen LogP contribution < -0.4 is 10.6 Å². The second-order valence-corrected chi connectivity index (χ2v) is 8.93. The average molecular weight is 544 g/mol. The number of anilines is 1. The Morgan fingerprint density at radius 3 is 2.31 bits per heavy atom. The molecule has 1 aliphatic heterocycles. The highest BCUT2D eigenvalue weighted by Crippen LogP contribution is 2.44. The van der Waals surface area contributed by atoms with Crippen molar-refractivity contribution >= 4 is 17.6 Å². The van der Waals surface area contributed by atoms with Gasteiger partial charge in [0.1, 0.15) is 12.4 Å². The predicted octanol–water partition coefficient (Wildman–Crippen LogP) is 4.77. The largest absolute Gasteiger partial charge is 0.460 e. The van der Waals surface area contributed by atoms with Gasteiger partial charge in [-0.15, -0.1) is 0 Å². The Morgan fingerprint density at radius 1 is 1.08 bits per heavy atom. The third kappa shape index (κ3) is 6.41. The molecule has 0 fully saturated rings. The van der Waals surface area contributed by atoms with Crippen molar-refractivity contribution in [3.63, 3.8) is 0 Å². The Kier molecular flexibility index (Phi) is 9.04. The number of rotatable bonds is 8. The van der Waals surface area contributed by atoms with Crippen LogP contribution in [0.15, 0.2) is 71.2 Å². The highest BCUT2D eigenvalue weighted by Gasteiger charge is 2.42. The smallest absolute Gasteiger partial charge is 0.416 e. The summed E-state index contributed by atoms with van der Waals surface area (Å²) in [7, 11) is 1.43. The van der Waals surface area contributed by atoms with Gasteiger partial charge in [-0.3, -0.25) is 0 Å². The van der Waals surface area contributed by atoms with Crippen molar-refractivity contribution < 1.29 is 37.0 Å². The molecule has 8 nitrogen and oxygen atoms in total. The van der Waals surface area contributed by atoms with E-state index in [1.165, 1.54) is 43.2 Å². The molecule has 0 saturated carbocycles. The fourth-order valence-electron chi connectivity index (χ4n) is 4.22. The number of hydrogen-bond donors (Lipinski definition) is 1. The van der Waals surface area contributed by atoms with Crippen LogP contribution in [0.4, 0.5) is 18.9 Å². The fraction of sp³-hybridized carbons (Fsp3) is 0.321. The monoisotopic (exact) mass is 543 g/mol. The number of alkyl halides is 3. The van der Waals surface area contributed by atoms with E-state index < -0.39 is 35.7 Å². The zero-order valence-corrected chi connectivity index (χ0v) is 21.8. The molecule has 1 aliphatic rings. The maximum Gasteiger partial charge on any atom is 0.416 e. The molecule has 11 heteroatoms. The van der Waals surface area contributed by atoms with Gasteiger partial charge in [0, 0.05) is 18.5 Å². The zero-order chi connectivity index (χ0) is 28.9. The van der Waals surface area contributed by atoms with Crippen LogP contribution in [-0.4, -0.2) is 38.4 Å². The number of ether oxygens (including phenoxy) is 3. The lowest BCUT2D eigenvalue weighted by Crippen LogP contribution is -2.40. The summed E-state index contributed by atoms with van der Waals surface area (Å²) in [6.07, 6.45) is -5.21. The third-order valence-corrected chi connectivity index (χ3v) is 5.93. The van der Waals surface area contributed by atoms with Crippen molar-refractivity contribution in [3.8, 4) is 6.07 Å².